The van der Waals surface area contributed by atoms with Crippen molar-refractivity contribution >= 4 is 40.9 Å². The zero-order chi connectivity index (χ0) is 19.4. The van der Waals surface area contributed by atoms with Gasteiger partial charge in [0.05, 0.1) is 5.69 Å². The summed E-state index contributed by atoms with van der Waals surface area (Å²) >= 11 is 7.16. The Kier molecular flexibility index (Phi) is 6.67. The van der Waals surface area contributed by atoms with Crippen LogP contribution in [0, 0.1) is 13.8 Å². The number of carbonyl (C=O) groups is 3. The number of nitrogens with one attached hydrogen (secondary N) is 1. The Morgan fingerprint density at radius 3 is 2.35 bits per heavy atom. The molecule has 0 fully saturated rings. The minimum Gasteiger partial charge on any atom is -0.456 e. The van der Waals surface area contributed by atoms with Gasteiger partial charge in [0.2, 0.25) is 5.78 Å². The molecule has 0 bridgehead atoms. The predicted octanol–water partition coefficient (Wildman–Crippen LogP) is 4.39. The van der Waals surface area contributed by atoms with Gasteiger partial charge in [-0.1, -0.05) is 11.6 Å². The number of ketones is 2. The average molecular weight is 394 g/mol. The monoisotopic (exact) mass is 393 g/mol. The summed E-state index contributed by atoms with van der Waals surface area (Å²) in [6.07, 6.45) is 0. The van der Waals surface area contributed by atoms with Crippen molar-refractivity contribution in [2.75, 3.05) is 6.61 Å². The van der Waals surface area contributed by atoms with E-state index >= 15 is 0 Å². The number of thioether (sulfide) groups is 1. The normalized spacial score (nSPS) is 11.9. The van der Waals surface area contributed by atoms with Crippen molar-refractivity contribution in [3.8, 4) is 0 Å². The third kappa shape index (κ3) is 4.77. The Balaban J connectivity index is 1.96. The lowest BCUT2D eigenvalue weighted by Crippen LogP contribution is -2.21. The Hall–Kier alpha value is -2.05. The summed E-state index contributed by atoms with van der Waals surface area (Å²) in [6, 6.07) is 7.12. The Bertz CT molecular complexity index is 842. The molecule has 2 aromatic rings. The van der Waals surface area contributed by atoms with E-state index in [9.17, 15) is 14.4 Å². The number of benzene rings is 1. The molecule has 0 aliphatic rings. The lowest BCUT2D eigenvalue weighted by atomic mass is 10.1. The molecular formula is C19H20ClNO4S. The Morgan fingerprint density at radius 1 is 1.19 bits per heavy atom. The minimum atomic E-state index is -0.481. The fourth-order valence-corrected chi connectivity index (χ4v) is 3.64. The number of aryl methyl sites for hydroxylation is 1. The van der Waals surface area contributed by atoms with Crippen LogP contribution in [-0.2, 0) is 9.53 Å². The number of ether oxygens (including phenoxy) is 1. The quantitative estimate of drug-likeness (QED) is 0.428. The fraction of sp³-hybridized carbons (Fsp3) is 0.316. The van der Waals surface area contributed by atoms with Crippen LogP contribution in [0.5, 0.6) is 0 Å². The number of hydrogen-bond donors (Lipinski definition) is 1. The van der Waals surface area contributed by atoms with Crippen LogP contribution in [0.4, 0.5) is 0 Å². The molecule has 138 valence electrons. The number of H-pyrrole nitrogens is 1. The highest BCUT2D eigenvalue weighted by atomic mass is 35.5. The van der Waals surface area contributed by atoms with Gasteiger partial charge in [-0.05, 0) is 57.5 Å². The first-order valence-corrected chi connectivity index (χ1v) is 9.28. The van der Waals surface area contributed by atoms with Gasteiger partial charge in [0.25, 0.3) is 0 Å². The van der Waals surface area contributed by atoms with E-state index in [0.717, 1.165) is 4.90 Å². The first kappa shape index (κ1) is 20.3. The van der Waals surface area contributed by atoms with Crippen molar-refractivity contribution < 1.29 is 19.1 Å². The van der Waals surface area contributed by atoms with Crippen molar-refractivity contribution in [2.45, 2.75) is 37.8 Å². The van der Waals surface area contributed by atoms with Crippen molar-refractivity contribution in [3.63, 3.8) is 0 Å². The van der Waals surface area contributed by atoms with Crippen LogP contribution in [0.2, 0.25) is 5.02 Å². The molecule has 1 N–H and O–H groups in total. The van der Waals surface area contributed by atoms with Gasteiger partial charge in [-0.15, -0.1) is 11.8 Å². The highest BCUT2D eigenvalue weighted by Crippen LogP contribution is 2.25. The molecule has 0 spiro atoms. The summed E-state index contributed by atoms with van der Waals surface area (Å²) in [5.74, 6) is -0.957. The van der Waals surface area contributed by atoms with Gasteiger partial charge in [-0.2, -0.15) is 0 Å². The van der Waals surface area contributed by atoms with Crippen molar-refractivity contribution in [1.29, 1.82) is 0 Å². The summed E-state index contributed by atoms with van der Waals surface area (Å²) in [4.78, 5) is 39.9. The van der Waals surface area contributed by atoms with Gasteiger partial charge in [-0.3, -0.25) is 14.4 Å². The fourth-order valence-electron chi connectivity index (χ4n) is 2.65. The standard InChI is InChI=1S/C19H20ClNO4S/c1-10-17(12(3)22)11(2)21-18(10)16(23)9-25-19(24)13(4)26-15-7-5-14(20)6-8-15/h5-8,13,21H,9H2,1-4H3/t13-/m0/s1. The van der Waals surface area contributed by atoms with Crippen LogP contribution >= 0.6 is 23.4 Å². The van der Waals surface area contributed by atoms with Crippen LogP contribution in [-0.4, -0.2) is 34.4 Å². The van der Waals surface area contributed by atoms with E-state index in [1.807, 2.05) is 12.1 Å². The molecular weight excluding hydrogens is 374 g/mol. The van der Waals surface area contributed by atoms with Gasteiger partial charge < -0.3 is 9.72 Å². The van der Waals surface area contributed by atoms with Crippen LogP contribution in [0.3, 0.4) is 0 Å². The molecule has 1 atom stereocenters. The highest BCUT2D eigenvalue weighted by molar-refractivity contribution is 8.00. The average Bonchev–Trinajstić information content (AvgIpc) is 2.89. The molecule has 0 aliphatic heterocycles. The molecule has 0 saturated carbocycles. The molecule has 0 radical (unpaired) electrons. The van der Waals surface area contributed by atoms with E-state index in [-0.39, 0.29) is 18.2 Å². The third-order valence-corrected chi connectivity index (χ3v) is 5.21. The number of carbonyl (C=O) groups excluding carboxylic acids is 3. The summed E-state index contributed by atoms with van der Waals surface area (Å²) in [5, 5.41) is 0.153. The van der Waals surface area contributed by atoms with Crippen LogP contribution < -0.4 is 0 Å². The summed E-state index contributed by atoms with van der Waals surface area (Å²) in [7, 11) is 0. The van der Waals surface area contributed by atoms with Crippen LogP contribution in [0.1, 0.15) is 46.0 Å². The lowest BCUT2D eigenvalue weighted by molar-refractivity contribution is -0.141. The SMILES string of the molecule is CC(=O)c1c(C)[nH]c(C(=O)COC(=O)[C@H](C)Sc2ccc(Cl)cc2)c1C. The topological polar surface area (TPSA) is 76.2 Å². The van der Waals surface area contributed by atoms with E-state index in [2.05, 4.69) is 4.98 Å². The van der Waals surface area contributed by atoms with Gasteiger partial charge in [0.15, 0.2) is 12.4 Å². The second-order valence-electron chi connectivity index (χ2n) is 5.93. The number of esters is 1. The second-order valence-corrected chi connectivity index (χ2v) is 7.78. The number of Topliss-reactive ketones (excluding diaryl/α,β-unsaturated/α-hetero) is 2. The maximum absolute atomic E-state index is 12.3. The van der Waals surface area contributed by atoms with Crippen molar-refractivity contribution in [1.82, 2.24) is 4.98 Å². The molecule has 5 nitrogen and oxygen atoms in total. The molecule has 1 aromatic carbocycles. The van der Waals surface area contributed by atoms with E-state index in [1.165, 1.54) is 18.7 Å². The van der Waals surface area contributed by atoms with Gasteiger partial charge in [-0.25, -0.2) is 0 Å². The molecule has 0 amide bonds. The molecule has 0 aliphatic carbocycles. The number of rotatable bonds is 7. The van der Waals surface area contributed by atoms with E-state index in [4.69, 9.17) is 16.3 Å². The minimum absolute atomic E-state index is 0.111. The molecule has 1 aromatic heterocycles. The Morgan fingerprint density at radius 2 is 1.81 bits per heavy atom. The molecule has 2 rings (SSSR count). The predicted molar refractivity (Wildman–Crippen MR) is 102 cm³/mol. The molecule has 7 heteroatoms. The Labute approximate surface area is 161 Å². The smallest absolute Gasteiger partial charge is 0.319 e. The second kappa shape index (κ2) is 8.56. The first-order valence-electron chi connectivity index (χ1n) is 8.02. The third-order valence-electron chi connectivity index (χ3n) is 3.87. The van der Waals surface area contributed by atoms with Gasteiger partial charge in [0, 0.05) is 21.2 Å². The zero-order valence-corrected chi connectivity index (χ0v) is 16.6. The number of aromatic amines is 1. The van der Waals surface area contributed by atoms with E-state index in [0.29, 0.717) is 27.5 Å². The van der Waals surface area contributed by atoms with Crippen LogP contribution in [0.25, 0.3) is 0 Å². The lowest BCUT2D eigenvalue weighted by Gasteiger charge is -2.11. The maximum Gasteiger partial charge on any atom is 0.319 e. The van der Waals surface area contributed by atoms with Crippen LogP contribution in [0.15, 0.2) is 29.2 Å². The van der Waals surface area contributed by atoms with Crippen molar-refractivity contribution in [3.05, 3.63) is 51.8 Å². The number of aromatic nitrogens is 1. The van der Waals surface area contributed by atoms with E-state index < -0.39 is 11.2 Å². The van der Waals surface area contributed by atoms with Crippen molar-refractivity contribution in [2.24, 2.45) is 0 Å². The summed E-state index contributed by atoms with van der Waals surface area (Å²) in [5.41, 5.74) is 2.03. The molecule has 1 heterocycles. The molecule has 0 saturated heterocycles. The number of halogens is 1. The maximum atomic E-state index is 12.3. The number of hydrogen-bond acceptors (Lipinski definition) is 5. The molecule has 26 heavy (non-hydrogen) atoms. The summed E-state index contributed by atoms with van der Waals surface area (Å²) < 4.78 is 5.14. The largest absolute Gasteiger partial charge is 0.456 e. The van der Waals surface area contributed by atoms with Gasteiger partial charge >= 0.3 is 5.97 Å². The molecule has 0 unspecified atom stereocenters. The summed E-state index contributed by atoms with van der Waals surface area (Å²) in [6.45, 7) is 6.23. The van der Waals surface area contributed by atoms with Gasteiger partial charge in [0.1, 0.15) is 5.25 Å². The van der Waals surface area contributed by atoms with E-state index in [1.54, 1.807) is 32.9 Å². The zero-order valence-electron chi connectivity index (χ0n) is 15.0. The highest BCUT2D eigenvalue weighted by Gasteiger charge is 2.22. The first-order chi connectivity index (χ1) is 12.2.